The molecule has 0 unspecified atom stereocenters. The van der Waals surface area contributed by atoms with Gasteiger partial charge in [0, 0.05) is 51.4 Å². The third-order valence-electron chi connectivity index (χ3n) is 3.92. The second-order valence-corrected chi connectivity index (χ2v) is 5.70. The zero-order chi connectivity index (χ0) is 15.4. The van der Waals surface area contributed by atoms with E-state index in [1.54, 1.807) is 6.92 Å². The average molecular weight is 289 g/mol. The van der Waals surface area contributed by atoms with Crippen molar-refractivity contribution in [1.82, 2.24) is 10.2 Å². The van der Waals surface area contributed by atoms with Crippen LogP contribution in [0.4, 0.5) is 5.69 Å². The highest BCUT2D eigenvalue weighted by molar-refractivity contribution is 5.94. The van der Waals surface area contributed by atoms with Gasteiger partial charge in [0.05, 0.1) is 0 Å². The number of carbonyl (C=O) groups excluding carboxylic acids is 2. The number of anilines is 1. The molecule has 114 valence electrons. The van der Waals surface area contributed by atoms with Crippen molar-refractivity contribution in [2.24, 2.45) is 0 Å². The van der Waals surface area contributed by atoms with E-state index in [0.29, 0.717) is 5.56 Å². The molecule has 1 heterocycles. The first-order valence-electron chi connectivity index (χ1n) is 7.31. The van der Waals surface area contributed by atoms with Gasteiger partial charge in [-0.1, -0.05) is 0 Å². The number of piperidine rings is 1. The number of carbonyl (C=O) groups is 2. The normalized spacial score (nSPS) is 15.7. The van der Waals surface area contributed by atoms with Crippen molar-refractivity contribution >= 4 is 17.5 Å². The van der Waals surface area contributed by atoms with E-state index in [9.17, 15) is 9.59 Å². The summed E-state index contributed by atoms with van der Waals surface area (Å²) in [4.78, 5) is 27.3. The standard InChI is InChI=1S/C16H23N3O2/c1-12(20)19-10-8-14(9-11-19)17-16(21)13-4-6-15(7-5-13)18(2)3/h4-7,14H,8-11H2,1-3H3,(H,17,21). The van der Waals surface area contributed by atoms with Crippen LogP contribution < -0.4 is 10.2 Å². The van der Waals surface area contributed by atoms with E-state index in [1.807, 2.05) is 48.2 Å². The third-order valence-corrected chi connectivity index (χ3v) is 3.92. The summed E-state index contributed by atoms with van der Waals surface area (Å²) in [5, 5.41) is 3.05. The highest BCUT2D eigenvalue weighted by atomic mass is 16.2. The molecule has 1 aliphatic heterocycles. The van der Waals surface area contributed by atoms with Crippen molar-refractivity contribution in [1.29, 1.82) is 0 Å². The second kappa shape index (κ2) is 6.61. The Kier molecular flexibility index (Phi) is 4.83. The fraction of sp³-hybridized carbons (Fsp3) is 0.500. The number of hydrogen-bond acceptors (Lipinski definition) is 3. The topological polar surface area (TPSA) is 52.7 Å². The smallest absolute Gasteiger partial charge is 0.251 e. The Balaban J connectivity index is 1.89. The first kappa shape index (κ1) is 15.4. The minimum absolute atomic E-state index is 0.0402. The van der Waals surface area contributed by atoms with E-state index >= 15 is 0 Å². The summed E-state index contributed by atoms with van der Waals surface area (Å²) in [6, 6.07) is 7.72. The minimum Gasteiger partial charge on any atom is -0.378 e. The summed E-state index contributed by atoms with van der Waals surface area (Å²) in [5.74, 6) is 0.0700. The Morgan fingerprint density at radius 2 is 1.71 bits per heavy atom. The van der Waals surface area contributed by atoms with Crippen LogP contribution in [0.2, 0.25) is 0 Å². The molecular weight excluding hydrogens is 266 g/mol. The summed E-state index contributed by atoms with van der Waals surface area (Å²) in [7, 11) is 3.94. The molecule has 2 amide bonds. The van der Waals surface area contributed by atoms with E-state index in [1.165, 1.54) is 0 Å². The summed E-state index contributed by atoms with van der Waals surface area (Å²) in [6.45, 7) is 3.03. The van der Waals surface area contributed by atoms with E-state index in [2.05, 4.69) is 5.32 Å². The largest absolute Gasteiger partial charge is 0.378 e. The number of nitrogens with zero attached hydrogens (tertiary/aromatic N) is 2. The van der Waals surface area contributed by atoms with Gasteiger partial charge >= 0.3 is 0 Å². The SMILES string of the molecule is CC(=O)N1CCC(NC(=O)c2ccc(N(C)C)cc2)CC1. The van der Waals surface area contributed by atoms with Gasteiger partial charge in [-0.05, 0) is 37.1 Å². The van der Waals surface area contributed by atoms with Gasteiger partial charge in [-0.2, -0.15) is 0 Å². The molecule has 0 aliphatic carbocycles. The van der Waals surface area contributed by atoms with Crippen LogP contribution in [0.25, 0.3) is 0 Å². The predicted molar refractivity (Wildman–Crippen MR) is 83.5 cm³/mol. The van der Waals surface area contributed by atoms with Gasteiger partial charge in [0.15, 0.2) is 0 Å². The lowest BCUT2D eigenvalue weighted by atomic mass is 10.0. The number of rotatable bonds is 3. The fourth-order valence-corrected chi connectivity index (χ4v) is 2.52. The van der Waals surface area contributed by atoms with Crippen LogP contribution in [0.3, 0.4) is 0 Å². The molecule has 1 aromatic carbocycles. The summed E-state index contributed by atoms with van der Waals surface area (Å²) in [6.07, 6.45) is 1.64. The molecule has 1 aromatic rings. The van der Waals surface area contributed by atoms with Crippen molar-refractivity contribution in [3.63, 3.8) is 0 Å². The van der Waals surface area contributed by atoms with Crippen LogP contribution in [0, 0.1) is 0 Å². The molecule has 0 saturated carbocycles. The van der Waals surface area contributed by atoms with Crippen LogP contribution in [0.5, 0.6) is 0 Å². The van der Waals surface area contributed by atoms with Crippen molar-refractivity contribution in [2.45, 2.75) is 25.8 Å². The molecule has 1 saturated heterocycles. The fourth-order valence-electron chi connectivity index (χ4n) is 2.52. The lowest BCUT2D eigenvalue weighted by Gasteiger charge is -2.31. The Bertz CT molecular complexity index is 503. The minimum atomic E-state index is -0.0402. The van der Waals surface area contributed by atoms with Crippen LogP contribution in [-0.4, -0.2) is 49.9 Å². The van der Waals surface area contributed by atoms with Crippen molar-refractivity contribution in [2.75, 3.05) is 32.1 Å². The van der Waals surface area contributed by atoms with E-state index in [0.717, 1.165) is 31.6 Å². The molecule has 0 atom stereocenters. The Labute approximate surface area is 125 Å². The number of likely N-dealkylation sites (tertiary alicyclic amines) is 1. The quantitative estimate of drug-likeness (QED) is 0.917. The molecule has 1 aliphatic rings. The maximum atomic E-state index is 12.2. The van der Waals surface area contributed by atoms with Crippen LogP contribution in [0.1, 0.15) is 30.1 Å². The first-order chi connectivity index (χ1) is 9.97. The van der Waals surface area contributed by atoms with Gasteiger partial charge in [0.2, 0.25) is 5.91 Å². The number of nitrogens with one attached hydrogen (secondary N) is 1. The Morgan fingerprint density at radius 3 is 2.19 bits per heavy atom. The second-order valence-electron chi connectivity index (χ2n) is 5.70. The van der Waals surface area contributed by atoms with Crippen molar-refractivity contribution in [3.8, 4) is 0 Å². The molecule has 0 spiro atoms. The predicted octanol–water partition coefficient (Wildman–Crippen LogP) is 1.49. The third kappa shape index (κ3) is 3.97. The van der Waals surface area contributed by atoms with Gasteiger partial charge in [0.25, 0.3) is 5.91 Å². The lowest BCUT2D eigenvalue weighted by molar-refractivity contribution is -0.129. The van der Waals surface area contributed by atoms with Crippen LogP contribution in [-0.2, 0) is 4.79 Å². The maximum Gasteiger partial charge on any atom is 0.251 e. The van der Waals surface area contributed by atoms with Crippen molar-refractivity contribution < 1.29 is 9.59 Å². The van der Waals surface area contributed by atoms with E-state index < -0.39 is 0 Å². The molecular formula is C16H23N3O2. The zero-order valence-electron chi connectivity index (χ0n) is 12.9. The summed E-state index contributed by atoms with van der Waals surface area (Å²) < 4.78 is 0. The molecule has 0 aromatic heterocycles. The molecule has 21 heavy (non-hydrogen) atoms. The van der Waals surface area contributed by atoms with Crippen LogP contribution >= 0.6 is 0 Å². The Morgan fingerprint density at radius 1 is 1.14 bits per heavy atom. The van der Waals surface area contributed by atoms with Crippen LogP contribution in [0.15, 0.2) is 24.3 Å². The number of benzene rings is 1. The van der Waals surface area contributed by atoms with E-state index in [-0.39, 0.29) is 17.9 Å². The molecule has 0 radical (unpaired) electrons. The van der Waals surface area contributed by atoms with Gasteiger partial charge in [-0.3, -0.25) is 9.59 Å². The Hall–Kier alpha value is -2.04. The van der Waals surface area contributed by atoms with E-state index in [4.69, 9.17) is 0 Å². The van der Waals surface area contributed by atoms with Gasteiger partial charge in [0.1, 0.15) is 0 Å². The number of hydrogen-bond donors (Lipinski definition) is 1. The highest BCUT2D eigenvalue weighted by Crippen LogP contribution is 2.14. The van der Waals surface area contributed by atoms with Crippen molar-refractivity contribution in [3.05, 3.63) is 29.8 Å². The molecule has 2 rings (SSSR count). The molecule has 0 bridgehead atoms. The zero-order valence-corrected chi connectivity index (χ0v) is 12.9. The highest BCUT2D eigenvalue weighted by Gasteiger charge is 2.22. The monoisotopic (exact) mass is 289 g/mol. The molecule has 5 heteroatoms. The van der Waals surface area contributed by atoms with Gasteiger partial charge in [-0.15, -0.1) is 0 Å². The number of amides is 2. The molecule has 5 nitrogen and oxygen atoms in total. The van der Waals surface area contributed by atoms with Gasteiger partial charge in [-0.25, -0.2) is 0 Å². The summed E-state index contributed by atoms with van der Waals surface area (Å²) >= 11 is 0. The average Bonchev–Trinajstić information content (AvgIpc) is 2.47. The molecule has 1 N–H and O–H groups in total. The van der Waals surface area contributed by atoms with Gasteiger partial charge < -0.3 is 15.1 Å². The first-order valence-corrected chi connectivity index (χ1v) is 7.31. The summed E-state index contributed by atoms with van der Waals surface area (Å²) in [5.41, 5.74) is 1.75. The molecule has 1 fully saturated rings. The maximum absolute atomic E-state index is 12.2. The lowest BCUT2D eigenvalue weighted by Crippen LogP contribution is -2.45.